The minimum atomic E-state index is -0.196. The van der Waals surface area contributed by atoms with Crippen molar-refractivity contribution in [1.29, 1.82) is 0 Å². The van der Waals surface area contributed by atoms with Crippen LogP contribution in [-0.2, 0) is 24.4 Å². The van der Waals surface area contributed by atoms with E-state index in [0.717, 1.165) is 56.1 Å². The van der Waals surface area contributed by atoms with E-state index in [4.69, 9.17) is 0 Å². The van der Waals surface area contributed by atoms with Crippen molar-refractivity contribution in [2.45, 2.75) is 40.4 Å². The van der Waals surface area contributed by atoms with Gasteiger partial charge in [0, 0.05) is 57.4 Å². The molecule has 1 aliphatic rings. The lowest BCUT2D eigenvalue weighted by Crippen LogP contribution is -2.45. The highest BCUT2D eigenvalue weighted by atomic mass is 16.2. The molecule has 1 saturated heterocycles. The van der Waals surface area contributed by atoms with Gasteiger partial charge in [-0.1, -0.05) is 57.2 Å². The second kappa shape index (κ2) is 12.4. The number of hydrogen-bond acceptors (Lipinski definition) is 4. The fraction of sp³-hybridized carbons (Fsp3) is 0.462. The topological polar surface area (TPSA) is 76.7 Å². The van der Waals surface area contributed by atoms with Gasteiger partial charge in [-0.25, -0.2) is 4.79 Å². The molecule has 0 saturated carbocycles. The van der Waals surface area contributed by atoms with Crippen molar-refractivity contribution in [2.75, 3.05) is 38.0 Å². The minimum Gasteiger partial charge on any atom is -0.334 e. The maximum atomic E-state index is 12.4. The zero-order valence-electron chi connectivity index (χ0n) is 20.1. The van der Waals surface area contributed by atoms with Crippen LogP contribution in [0.4, 0.5) is 10.5 Å². The first-order valence-corrected chi connectivity index (χ1v) is 11.9. The summed E-state index contributed by atoms with van der Waals surface area (Å²) >= 11 is 0. The molecule has 1 aliphatic heterocycles. The lowest BCUT2D eigenvalue weighted by Gasteiger charge is -2.34. The van der Waals surface area contributed by atoms with Gasteiger partial charge in [-0.05, 0) is 35.4 Å². The molecule has 0 unspecified atom stereocenters. The van der Waals surface area contributed by atoms with Gasteiger partial charge < -0.3 is 20.9 Å². The highest BCUT2D eigenvalue weighted by Crippen LogP contribution is 2.14. The highest BCUT2D eigenvalue weighted by Gasteiger charge is 2.16. The standard InChI is InChI=1S/C26H37N5O2/c1-4-30-13-15-31(16-14-30)19-23-8-6-5-7-22(23)18-28-26(33)27-17-21-9-11-24(12-10-21)29-25(32)20(2)3/h5-12,20H,4,13-19H2,1-3H3,(H,29,32)(H2,27,28,33). The van der Waals surface area contributed by atoms with E-state index in [0.29, 0.717) is 13.1 Å². The summed E-state index contributed by atoms with van der Waals surface area (Å²) in [7, 11) is 0. The number of nitrogens with zero attached hydrogens (tertiary/aromatic N) is 2. The van der Waals surface area contributed by atoms with Crippen molar-refractivity contribution >= 4 is 17.6 Å². The highest BCUT2D eigenvalue weighted by molar-refractivity contribution is 5.92. The minimum absolute atomic E-state index is 0.0104. The van der Waals surface area contributed by atoms with E-state index in [1.165, 1.54) is 5.56 Å². The Morgan fingerprint density at radius 2 is 1.45 bits per heavy atom. The average molecular weight is 452 g/mol. The molecule has 0 atom stereocenters. The Bertz CT molecular complexity index is 905. The van der Waals surface area contributed by atoms with E-state index in [1.807, 2.05) is 44.2 Å². The molecule has 3 amide bonds. The first-order chi connectivity index (χ1) is 15.9. The SMILES string of the molecule is CCN1CCN(Cc2ccccc2CNC(=O)NCc2ccc(NC(=O)C(C)C)cc2)CC1. The van der Waals surface area contributed by atoms with E-state index in [-0.39, 0.29) is 17.9 Å². The summed E-state index contributed by atoms with van der Waals surface area (Å²) in [6.07, 6.45) is 0. The van der Waals surface area contributed by atoms with Crippen molar-refractivity contribution < 1.29 is 9.59 Å². The molecule has 7 nitrogen and oxygen atoms in total. The van der Waals surface area contributed by atoms with Crippen molar-refractivity contribution in [3.8, 4) is 0 Å². The number of piperazine rings is 1. The van der Waals surface area contributed by atoms with Crippen LogP contribution in [0.3, 0.4) is 0 Å². The van der Waals surface area contributed by atoms with Gasteiger partial charge in [0.25, 0.3) is 0 Å². The smallest absolute Gasteiger partial charge is 0.315 e. The molecule has 178 valence electrons. The summed E-state index contributed by atoms with van der Waals surface area (Å²) in [6.45, 7) is 13.3. The number of urea groups is 1. The number of hydrogen-bond donors (Lipinski definition) is 3. The van der Waals surface area contributed by atoms with Crippen LogP contribution < -0.4 is 16.0 Å². The molecule has 0 spiro atoms. The van der Waals surface area contributed by atoms with E-state index in [2.05, 4.69) is 50.9 Å². The molecule has 3 N–H and O–H groups in total. The van der Waals surface area contributed by atoms with Gasteiger partial charge in [-0.3, -0.25) is 9.69 Å². The molecule has 0 radical (unpaired) electrons. The van der Waals surface area contributed by atoms with Crippen LogP contribution in [-0.4, -0.2) is 54.5 Å². The zero-order valence-corrected chi connectivity index (χ0v) is 20.1. The van der Waals surface area contributed by atoms with E-state index in [1.54, 1.807) is 0 Å². The van der Waals surface area contributed by atoms with Crippen LogP contribution in [0, 0.1) is 5.92 Å². The van der Waals surface area contributed by atoms with E-state index < -0.39 is 0 Å². The predicted molar refractivity (Wildman–Crippen MR) is 133 cm³/mol. The maximum absolute atomic E-state index is 12.4. The van der Waals surface area contributed by atoms with Gasteiger partial charge in [0.15, 0.2) is 0 Å². The van der Waals surface area contributed by atoms with E-state index in [9.17, 15) is 9.59 Å². The van der Waals surface area contributed by atoms with Crippen LogP contribution >= 0.6 is 0 Å². The van der Waals surface area contributed by atoms with Gasteiger partial charge >= 0.3 is 6.03 Å². The third-order valence-corrected chi connectivity index (χ3v) is 6.06. The Morgan fingerprint density at radius 1 is 0.848 bits per heavy atom. The van der Waals surface area contributed by atoms with Crippen LogP contribution in [0.25, 0.3) is 0 Å². The van der Waals surface area contributed by atoms with Gasteiger partial charge in [0.05, 0.1) is 0 Å². The number of anilines is 1. The summed E-state index contributed by atoms with van der Waals surface area (Å²) in [5.41, 5.74) is 4.14. The van der Waals surface area contributed by atoms with Gasteiger partial charge in [0.2, 0.25) is 5.91 Å². The summed E-state index contributed by atoms with van der Waals surface area (Å²) in [5.74, 6) is -0.0739. The van der Waals surface area contributed by atoms with Crippen molar-refractivity contribution in [1.82, 2.24) is 20.4 Å². The number of carbonyl (C=O) groups excluding carboxylic acids is 2. The van der Waals surface area contributed by atoms with E-state index >= 15 is 0 Å². The Morgan fingerprint density at radius 3 is 2.09 bits per heavy atom. The normalized spacial score (nSPS) is 14.8. The van der Waals surface area contributed by atoms with Crippen LogP contribution in [0.15, 0.2) is 48.5 Å². The molecule has 2 aromatic carbocycles. The number of carbonyl (C=O) groups is 2. The lowest BCUT2D eigenvalue weighted by molar-refractivity contribution is -0.118. The second-order valence-corrected chi connectivity index (χ2v) is 8.86. The number of benzene rings is 2. The van der Waals surface area contributed by atoms with Gasteiger partial charge in [-0.2, -0.15) is 0 Å². The largest absolute Gasteiger partial charge is 0.334 e. The number of nitrogens with one attached hydrogen (secondary N) is 3. The third kappa shape index (κ3) is 7.87. The molecule has 0 aliphatic carbocycles. The molecule has 2 aromatic rings. The zero-order chi connectivity index (χ0) is 23.6. The predicted octanol–water partition coefficient (Wildman–Crippen LogP) is 3.42. The van der Waals surface area contributed by atoms with Crippen molar-refractivity contribution in [3.05, 3.63) is 65.2 Å². The fourth-order valence-corrected chi connectivity index (χ4v) is 3.80. The van der Waals surface area contributed by atoms with Crippen LogP contribution in [0.1, 0.15) is 37.5 Å². The van der Waals surface area contributed by atoms with Gasteiger partial charge in [-0.15, -0.1) is 0 Å². The maximum Gasteiger partial charge on any atom is 0.315 e. The summed E-state index contributed by atoms with van der Waals surface area (Å²) in [4.78, 5) is 29.1. The monoisotopic (exact) mass is 451 g/mol. The van der Waals surface area contributed by atoms with Crippen LogP contribution in [0.5, 0.6) is 0 Å². The Kier molecular flexibility index (Phi) is 9.27. The molecule has 33 heavy (non-hydrogen) atoms. The summed E-state index contributed by atoms with van der Waals surface area (Å²) < 4.78 is 0. The molecule has 3 rings (SSSR count). The first kappa shape index (κ1) is 24.7. The lowest BCUT2D eigenvalue weighted by atomic mass is 10.1. The molecule has 0 aromatic heterocycles. The molecule has 7 heteroatoms. The number of rotatable bonds is 9. The fourth-order valence-electron chi connectivity index (χ4n) is 3.80. The molecule has 1 fully saturated rings. The Labute approximate surface area is 197 Å². The first-order valence-electron chi connectivity index (χ1n) is 11.9. The molecular weight excluding hydrogens is 414 g/mol. The molecule has 0 bridgehead atoms. The summed E-state index contributed by atoms with van der Waals surface area (Å²) in [6, 6.07) is 15.6. The Hall–Kier alpha value is -2.90. The quantitative estimate of drug-likeness (QED) is 0.546. The van der Waals surface area contributed by atoms with Crippen molar-refractivity contribution in [3.63, 3.8) is 0 Å². The van der Waals surface area contributed by atoms with Crippen LogP contribution in [0.2, 0.25) is 0 Å². The molecule has 1 heterocycles. The third-order valence-electron chi connectivity index (χ3n) is 6.06. The van der Waals surface area contributed by atoms with Gasteiger partial charge in [0.1, 0.15) is 0 Å². The Balaban J connectivity index is 1.44. The number of likely N-dealkylation sites (N-methyl/N-ethyl adjacent to an activating group) is 1. The summed E-state index contributed by atoms with van der Waals surface area (Å²) in [5, 5.41) is 8.75. The number of amides is 3. The average Bonchev–Trinajstić information content (AvgIpc) is 2.83. The van der Waals surface area contributed by atoms with Crippen molar-refractivity contribution in [2.24, 2.45) is 5.92 Å². The second-order valence-electron chi connectivity index (χ2n) is 8.86. The molecular formula is C26H37N5O2.